The largest absolute Gasteiger partial charge is 0.545 e. The molecule has 0 atom stereocenters. The first kappa shape index (κ1) is 17.1. The van der Waals surface area contributed by atoms with Crippen LogP contribution < -0.4 is 14.6 Å². The van der Waals surface area contributed by atoms with Crippen molar-refractivity contribution in [2.75, 3.05) is 11.8 Å². The van der Waals surface area contributed by atoms with Crippen LogP contribution >= 0.6 is 11.6 Å². The first-order valence-corrected chi connectivity index (χ1v) is 8.29. The van der Waals surface area contributed by atoms with E-state index in [-0.39, 0.29) is 21.9 Å². The molecule has 0 saturated carbocycles. The van der Waals surface area contributed by atoms with Crippen molar-refractivity contribution in [1.82, 2.24) is 0 Å². The van der Waals surface area contributed by atoms with E-state index in [4.69, 9.17) is 16.3 Å². The number of methoxy groups -OCH3 is 1. The van der Waals surface area contributed by atoms with Crippen molar-refractivity contribution in [2.24, 2.45) is 0 Å². The van der Waals surface area contributed by atoms with Crippen molar-refractivity contribution in [2.45, 2.75) is 11.8 Å². The monoisotopic (exact) mass is 354 g/mol. The van der Waals surface area contributed by atoms with Crippen LogP contribution in [0.1, 0.15) is 15.9 Å². The van der Waals surface area contributed by atoms with Crippen molar-refractivity contribution in [3.8, 4) is 5.75 Å². The average Bonchev–Trinajstić information content (AvgIpc) is 2.50. The van der Waals surface area contributed by atoms with Gasteiger partial charge in [0.05, 0.1) is 23.7 Å². The van der Waals surface area contributed by atoms with Crippen LogP contribution in [0, 0.1) is 6.92 Å². The lowest BCUT2D eigenvalue weighted by molar-refractivity contribution is -0.255. The molecular formula is C15H13ClNO5S-. The number of benzene rings is 2. The number of ether oxygens (including phenoxy) is 1. The van der Waals surface area contributed by atoms with Gasteiger partial charge in [-0.3, -0.25) is 4.72 Å². The Morgan fingerprint density at radius 3 is 2.35 bits per heavy atom. The van der Waals surface area contributed by atoms with Crippen LogP contribution in [0.25, 0.3) is 0 Å². The Bertz CT molecular complexity index is 847. The molecule has 0 spiro atoms. The predicted octanol–water partition coefficient (Wildman–Crippen LogP) is 1.82. The summed E-state index contributed by atoms with van der Waals surface area (Å²) in [6.07, 6.45) is 0. The van der Waals surface area contributed by atoms with Crippen LogP contribution in [-0.2, 0) is 10.0 Å². The van der Waals surface area contributed by atoms with Gasteiger partial charge in [0, 0.05) is 11.1 Å². The predicted molar refractivity (Wildman–Crippen MR) is 84.3 cm³/mol. The van der Waals surface area contributed by atoms with Gasteiger partial charge >= 0.3 is 0 Å². The molecule has 0 bridgehead atoms. The standard InChI is InChI=1S/C15H14ClNO5S/c1-9-7-13(14(22-2)8-12(9)16)17-23(20,21)11-5-3-10(4-6-11)15(18)19/h3-8,17H,1-2H3,(H,18,19)/p-1. The minimum Gasteiger partial charge on any atom is -0.545 e. The summed E-state index contributed by atoms with van der Waals surface area (Å²) in [5.74, 6) is -1.10. The summed E-state index contributed by atoms with van der Waals surface area (Å²) in [6, 6.07) is 7.75. The van der Waals surface area contributed by atoms with Crippen LogP contribution in [0.15, 0.2) is 41.3 Å². The lowest BCUT2D eigenvalue weighted by Crippen LogP contribution is -2.22. The molecule has 0 aliphatic heterocycles. The van der Waals surface area contributed by atoms with E-state index in [0.29, 0.717) is 10.6 Å². The Labute approximate surface area is 138 Å². The fourth-order valence-electron chi connectivity index (χ4n) is 1.89. The molecule has 0 fully saturated rings. The highest BCUT2D eigenvalue weighted by Gasteiger charge is 2.17. The van der Waals surface area contributed by atoms with Crippen molar-refractivity contribution >= 4 is 33.3 Å². The smallest absolute Gasteiger partial charge is 0.262 e. The Morgan fingerprint density at radius 2 is 1.83 bits per heavy atom. The number of carboxylic acid groups (broad SMARTS) is 1. The summed E-state index contributed by atoms with van der Waals surface area (Å²) in [5, 5.41) is 11.1. The number of hydrogen-bond acceptors (Lipinski definition) is 5. The molecule has 0 amide bonds. The molecule has 1 N–H and O–H groups in total. The summed E-state index contributed by atoms with van der Waals surface area (Å²) < 4.78 is 32.3. The Kier molecular flexibility index (Phi) is 4.82. The third-order valence-electron chi connectivity index (χ3n) is 3.13. The van der Waals surface area contributed by atoms with Gasteiger partial charge in [0.1, 0.15) is 5.75 Å². The molecule has 0 aromatic heterocycles. The summed E-state index contributed by atoms with van der Waals surface area (Å²) in [4.78, 5) is 10.6. The lowest BCUT2D eigenvalue weighted by atomic mass is 10.2. The normalized spacial score (nSPS) is 11.1. The van der Waals surface area contributed by atoms with E-state index in [2.05, 4.69) is 4.72 Å². The van der Waals surface area contributed by atoms with Crippen LogP contribution in [0.2, 0.25) is 5.02 Å². The zero-order chi connectivity index (χ0) is 17.2. The van der Waals surface area contributed by atoms with Crippen LogP contribution in [-0.4, -0.2) is 21.5 Å². The van der Waals surface area contributed by atoms with Crippen molar-refractivity contribution in [3.05, 3.63) is 52.5 Å². The SMILES string of the molecule is COc1cc(Cl)c(C)cc1NS(=O)(=O)c1ccc(C(=O)[O-])cc1. The third kappa shape index (κ3) is 3.75. The van der Waals surface area contributed by atoms with E-state index in [9.17, 15) is 18.3 Å². The van der Waals surface area contributed by atoms with Crippen LogP contribution in [0.5, 0.6) is 5.75 Å². The molecule has 2 aromatic rings. The maximum atomic E-state index is 12.4. The van der Waals surface area contributed by atoms with Crippen LogP contribution in [0.3, 0.4) is 0 Å². The first-order chi connectivity index (χ1) is 10.7. The van der Waals surface area contributed by atoms with Gasteiger partial charge in [-0.2, -0.15) is 0 Å². The highest BCUT2D eigenvalue weighted by Crippen LogP contribution is 2.32. The minimum absolute atomic E-state index is 0.0860. The number of sulfonamides is 1. The number of halogens is 1. The molecule has 0 radical (unpaired) electrons. The van der Waals surface area contributed by atoms with E-state index in [1.54, 1.807) is 13.0 Å². The van der Waals surface area contributed by atoms with Gasteiger partial charge in [-0.15, -0.1) is 0 Å². The number of nitrogens with one attached hydrogen (secondary N) is 1. The van der Waals surface area contributed by atoms with E-state index in [1.165, 1.54) is 25.3 Å². The second-order valence-electron chi connectivity index (χ2n) is 4.72. The first-order valence-electron chi connectivity index (χ1n) is 6.43. The lowest BCUT2D eigenvalue weighted by Gasteiger charge is -2.14. The fourth-order valence-corrected chi connectivity index (χ4v) is 3.10. The van der Waals surface area contributed by atoms with Gasteiger partial charge in [-0.05, 0) is 36.2 Å². The number of hydrogen-bond donors (Lipinski definition) is 1. The number of carbonyl (C=O) groups is 1. The molecule has 2 aromatic carbocycles. The van der Waals surface area contributed by atoms with E-state index < -0.39 is 16.0 Å². The zero-order valence-electron chi connectivity index (χ0n) is 12.3. The van der Waals surface area contributed by atoms with E-state index in [0.717, 1.165) is 12.1 Å². The van der Waals surface area contributed by atoms with Crippen molar-refractivity contribution in [1.29, 1.82) is 0 Å². The Balaban J connectivity index is 2.38. The summed E-state index contributed by atoms with van der Waals surface area (Å²) in [5.41, 5.74) is 0.805. The van der Waals surface area contributed by atoms with E-state index in [1.807, 2.05) is 0 Å². The van der Waals surface area contributed by atoms with Gasteiger partial charge in [0.15, 0.2) is 0 Å². The number of carboxylic acids is 1. The maximum Gasteiger partial charge on any atom is 0.262 e. The Morgan fingerprint density at radius 1 is 1.22 bits per heavy atom. The molecule has 2 rings (SSSR count). The van der Waals surface area contributed by atoms with Gasteiger partial charge in [-0.1, -0.05) is 23.7 Å². The highest BCUT2D eigenvalue weighted by atomic mass is 35.5. The highest BCUT2D eigenvalue weighted by molar-refractivity contribution is 7.92. The molecule has 8 heteroatoms. The topological polar surface area (TPSA) is 95.5 Å². The fraction of sp³-hybridized carbons (Fsp3) is 0.133. The third-order valence-corrected chi connectivity index (χ3v) is 4.91. The number of anilines is 1. The number of carbonyl (C=O) groups excluding carboxylic acids is 1. The number of aromatic carboxylic acids is 1. The second-order valence-corrected chi connectivity index (χ2v) is 6.81. The average molecular weight is 355 g/mol. The molecule has 23 heavy (non-hydrogen) atoms. The van der Waals surface area contributed by atoms with E-state index >= 15 is 0 Å². The van der Waals surface area contributed by atoms with Gasteiger partial charge in [0.2, 0.25) is 0 Å². The summed E-state index contributed by atoms with van der Waals surface area (Å²) in [7, 11) is -2.51. The molecule has 122 valence electrons. The molecule has 0 aliphatic carbocycles. The second kappa shape index (κ2) is 6.47. The molecule has 0 heterocycles. The number of aryl methyl sites for hydroxylation is 1. The van der Waals surface area contributed by atoms with Crippen molar-refractivity contribution in [3.63, 3.8) is 0 Å². The van der Waals surface area contributed by atoms with Crippen LogP contribution in [0.4, 0.5) is 5.69 Å². The number of rotatable bonds is 5. The molecule has 0 saturated heterocycles. The summed E-state index contributed by atoms with van der Waals surface area (Å²) >= 11 is 5.98. The molecule has 0 unspecified atom stereocenters. The Hall–Kier alpha value is -2.25. The maximum absolute atomic E-state index is 12.4. The molecular weight excluding hydrogens is 342 g/mol. The zero-order valence-corrected chi connectivity index (χ0v) is 13.9. The minimum atomic E-state index is -3.90. The molecule has 6 nitrogen and oxygen atoms in total. The quantitative estimate of drug-likeness (QED) is 0.883. The van der Waals surface area contributed by atoms with Gasteiger partial charge in [0.25, 0.3) is 10.0 Å². The van der Waals surface area contributed by atoms with Gasteiger partial charge in [-0.25, -0.2) is 8.42 Å². The van der Waals surface area contributed by atoms with Gasteiger partial charge < -0.3 is 14.6 Å². The molecule has 0 aliphatic rings. The summed E-state index contributed by atoms with van der Waals surface area (Å²) in [6.45, 7) is 1.73. The van der Waals surface area contributed by atoms with Crippen molar-refractivity contribution < 1.29 is 23.1 Å².